The van der Waals surface area contributed by atoms with Gasteiger partial charge in [0.25, 0.3) is 0 Å². The van der Waals surface area contributed by atoms with Gasteiger partial charge in [0.15, 0.2) is 11.5 Å². The minimum absolute atomic E-state index is 0.179. The normalized spacial score (nSPS) is 10.1. The van der Waals surface area contributed by atoms with Gasteiger partial charge in [-0.1, -0.05) is 25.2 Å². The quantitative estimate of drug-likeness (QED) is 0.853. The monoisotopic (exact) mass is 289 g/mol. The summed E-state index contributed by atoms with van der Waals surface area (Å²) in [7, 11) is 1.59. The second-order valence-electron chi connectivity index (χ2n) is 4.03. The molecular weight excluding hydrogens is 274 g/mol. The average molecular weight is 289 g/mol. The Hall–Kier alpha value is -2.21. The summed E-state index contributed by atoms with van der Waals surface area (Å²) >= 11 is 4.87. The fourth-order valence-electron chi connectivity index (χ4n) is 1.64. The highest BCUT2D eigenvalue weighted by Gasteiger charge is 2.09. The van der Waals surface area contributed by atoms with Gasteiger partial charge in [-0.2, -0.15) is 4.98 Å². The largest absolute Gasteiger partial charge is 0.493 e. The van der Waals surface area contributed by atoms with Gasteiger partial charge in [0.05, 0.1) is 7.11 Å². The summed E-state index contributed by atoms with van der Waals surface area (Å²) in [6.45, 7) is 2.07. The van der Waals surface area contributed by atoms with E-state index in [0.29, 0.717) is 17.2 Å². The fourth-order valence-corrected chi connectivity index (χ4v) is 1.76. The molecule has 5 nitrogen and oxygen atoms in total. The molecule has 0 unspecified atom stereocenters. The maximum absolute atomic E-state index is 5.63. The Labute approximate surface area is 122 Å². The van der Waals surface area contributed by atoms with Gasteiger partial charge in [-0.25, -0.2) is 4.98 Å². The van der Waals surface area contributed by atoms with Crippen molar-refractivity contribution < 1.29 is 9.47 Å². The van der Waals surface area contributed by atoms with E-state index in [1.54, 1.807) is 19.4 Å². The van der Waals surface area contributed by atoms with Gasteiger partial charge in [0.2, 0.25) is 0 Å². The summed E-state index contributed by atoms with van der Waals surface area (Å²) in [6.07, 6.45) is 2.47. The molecule has 0 aliphatic rings. The Morgan fingerprint density at radius 3 is 2.75 bits per heavy atom. The molecule has 0 atom stereocenters. The third-order valence-corrected chi connectivity index (χ3v) is 2.93. The molecule has 2 N–H and O–H groups in total. The lowest BCUT2D eigenvalue weighted by molar-refractivity contribution is 0.367. The van der Waals surface area contributed by atoms with Gasteiger partial charge in [-0.15, -0.1) is 0 Å². The van der Waals surface area contributed by atoms with Crippen LogP contribution in [0.1, 0.15) is 18.2 Å². The van der Waals surface area contributed by atoms with Gasteiger partial charge in [0.1, 0.15) is 10.7 Å². The van der Waals surface area contributed by atoms with Crippen LogP contribution in [0.5, 0.6) is 17.5 Å². The van der Waals surface area contributed by atoms with E-state index in [0.717, 1.165) is 12.0 Å². The highest BCUT2D eigenvalue weighted by atomic mass is 32.1. The lowest BCUT2D eigenvalue weighted by Crippen LogP contribution is -2.12. The summed E-state index contributed by atoms with van der Waals surface area (Å²) < 4.78 is 10.9. The Morgan fingerprint density at radius 1 is 1.30 bits per heavy atom. The van der Waals surface area contributed by atoms with Crippen molar-refractivity contribution in [1.29, 1.82) is 0 Å². The van der Waals surface area contributed by atoms with E-state index in [2.05, 4.69) is 16.9 Å². The van der Waals surface area contributed by atoms with Crippen LogP contribution in [0.2, 0.25) is 0 Å². The second-order valence-corrected chi connectivity index (χ2v) is 4.47. The van der Waals surface area contributed by atoms with Gasteiger partial charge in [-0.3, -0.25) is 0 Å². The first-order valence-electron chi connectivity index (χ1n) is 6.11. The van der Waals surface area contributed by atoms with Crippen LogP contribution < -0.4 is 15.2 Å². The number of hydrogen-bond acceptors (Lipinski definition) is 5. The first-order chi connectivity index (χ1) is 9.63. The van der Waals surface area contributed by atoms with Crippen LogP contribution in [0.3, 0.4) is 0 Å². The fraction of sp³-hybridized carbons (Fsp3) is 0.214. The van der Waals surface area contributed by atoms with Gasteiger partial charge >= 0.3 is 6.01 Å². The lowest BCUT2D eigenvalue weighted by atomic mass is 10.1. The zero-order chi connectivity index (χ0) is 14.5. The number of methoxy groups -OCH3 is 1. The molecule has 0 bridgehead atoms. The molecular formula is C14H15N3O2S. The first kappa shape index (κ1) is 14.2. The predicted molar refractivity (Wildman–Crippen MR) is 80.4 cm³/mol. The molecule has 0 spiro atoms. The zero-order valence-corrected chi connectivity index (χ0v) is 12.1. The van der Waals surface area contributed by atoms with Crippen LogP contribution in [0, 0.1) is 0 Å². The van der Waals surface area contributed by atoms with E-state index in [1.807, 2.05) is 18.2 Å². The van der Waals surface area contributed by atoms with Gasteiger partial charge in [-0.05, 0) is 30.2 Å². The van der Waals surface area contributed by atoms with Crippen molar-refractivity contribution in [2.45, 2.75) is 13.3 Å². The first-order valence-corrected chi connectivity index (χ1v) is 6.52. The van der Waals surface area contributed by atoms with Crippen LogP contribution >= 0.6 is 12.2 Å². The highest BCUT2D eigenvalue weighted by molar-refractivity contribution is 7.80. The molecule has 0 saturated heterocycles. The van der Waals surface area contributed by atoms with E-state index < -0.39 is 0 Å². The summed E-state index contributed by atoms with van der Waals surface area (Å²) in [5.41, 5.74) is 7.16. The van der Waals surface area contributed by atoms with Crippen molar-refractivity contribution in [3.8, 4) is 17.5 Å². The Bertz CT molecular complexity index is 632. The van der Waals surface area contributed by atoms with E-state index in [1.165, 1.54) is 0 Å². The molecule has 0 aliphatic heterocycles. The number of aryl methyl sites for hydroxylation is 1. The van der Waals surface area contributed by atoms with Crippen LogP contribution in [0.4, 0.5) is 0 Å². The summed E-state index contributed by atoms with van der Waals surface area (Å²) in [6, 6.07) is 7.53. The molecule has 1 aromatic heterocycles. The average Bonchev–Trinajstić information content (AvgIpc) is 2.48. The molecule has 20 heavy (non-hydrogen) atoms. The van der Waals surface area contributed by atoms with E-state index in [-0.39, 0.29) is 11.0 Å². The van der Waals surface area contributed by atoms with Crippen LogP contribution in [0.25, 0.3) is 0 Å². The number of rotatable bonds is 5. The number of hydrogen-bond donors (Lipinski definition) is 1. The topological polar surface area (TPSA) is 70.3 Å². The van der Waals surface area contributed by atoms with E-state index >= 15 is 0 Å². The van der Waals surface area contributed by atoms with E-state index in [9.17, 15) is 0 Å². The highest BCUT2D eigenvalue weighted by Crippen LogP contribution is 2.31. The predicted octanol–water partition coefficient (Wildman–Crippen LogP) is 2.47. The molecule has 0 fully saturated rings. The molecule has 0 aliphatic carbocycles. The minimum atomic E-state index is 0.179. The third-order valence-electron chi connectivity index (χ3n) is 2.72. The number of nitrogens with two attached hydrogens (primary N) is 1. The Kier molecular flexibility index (Phi) is 4.47. The van der Waals surface area contributed by atoms with Gasteiger partial charge in [0, 0.05) is 6.20 Å². The summed E-state index contributed by atoms with van der Waals surface area (Å²) in [5.74, 6) is 1.18. The molecule has 0 radical (unpaired) electrons. The Morgan fingerprint density at radius 2 is 2.10 bits per heavy atom. The molecule has 0 saturated carbocycles. The molecule has 1 heterocycles. The van der Waals surface area contributed by atoms with Crippen molar-refractivity contribution >= 4 is 17.2 Å². The molecule has 2 rings (SSSR count). The number of nitrogens with zero attached hydrogens (tertiary/aromatic N) is 2. The molecule has 1 aromatic carbocycles. The summed E-state index contributed by atoms with van der Waals surface area (Å²) in [5, 5.41) is 0. The molecule has 104 valence electrons. The van der Waals surface area contributed by atoms with Crippen molar-refractivity contribution in [3.63, 3.8) is 0 Å². The number of benzene rings is 1. The number of thiocarbonyl (C=S) groups is 1. The van der Waals surface area contributed by atoms with Crippen molar-refractivity contribution in [2.75, 3.05) is 7.11 Å². The Balaban J connectivity index is 2.29. The SMILES string of the molecule is CCc1ccc(Oc2nccc(C(N)=S)n2)c(OC)c1. The van der Waals surface area contributed by atoms with Crippen LogP contribution in [0.15, 0.2) is 30.5 Å². The molecule has 2 aromatic rings. The second kappa shape index (κ2) is 6.29. The smallest absolute Gasteiger partial charge is 0.322 e. The third kappa shape index (κ3) is 3.21. The van der Waals surface area contributed by atoms with Crippen LogP contribution in [-0.4, -0.2) is 22.1 Å². The maximum atomic E-state index is 5.63. The van der Waals surface area contributed by atoms with Crippen molar-refractivity contribution in [3.05, 3.63) is 41.7 Å². The van der Waals surface area contributed by atoms with Crippen LogP contribution in [-0.2, 0) is 6.42 Å². The minimum Gasteiger partial charge on any atom is -0.493 e. The summed E-state index contributed by atoms with van der Waals surface area (Å²) in [4.78, 5) is 8.36. The molecule has 0 amide bonds. The lowest BCUT2D eigenvalue weighted by Gasteiger charge is -2.10. The molecule has 6 heteroatoms. The standard InChI is InChI=1S/C14H15N3O2S/c1-3-9-4-5-11(12(8-9)18-2)19-14-16-7-6-10(17-14)13(15)20/h4-8H,3H2,1-2H3,(H2,15,20). The number of aromatic nitrogens is 2. The number of ether oxygens (including phenoxy) is 2. The zero-order valence-electron chi connectivity index (χ0n) is 11.3. The maximum Gasteiger partial charge on any atom is 0.322 e. The van der Waals surface area contributed by atoms with E-state index in [4.69, 9.17) is 27.4 Å². The van der Waals surface area contributed by atoms with Crippen molar-refractivity contribution in [2.24, 2.45) is 5.73 Å². The van der Waals surface area contributed by atoms with Gasteiger partial charge < -0.3 is 15.2 Å². The van der Waals surface area contributed by atoms with Crippen molar-refractivity contribution in [1.82, 2.24) is 9.97 Å².